The molecule has 1 aliphatic heterocycles. The van der Waals surface area contributed by atoms with Gasteiger partial charge in [0.25, 0.3) is 5.91 Å². The Morgan fingerprint density at radius 1 is 1.33 bits per heavy atom. The molecule has 24 heavy (non-hydrogen) atoms. The summed E-state index contributed by atoms with van der Waals surface area (Å²) in [7, 11) is 0. The Hall–Kier alpha value is -2.70. The Kier molecular flexibility index (Phi) is 5.68. The van der Waals surface area contributed by atoms with Crippen LogP contribution in [0.4, 0.5) is 5.69 Å². The van der Waals surface area contributed by atoms with E-state index in [0.29, 0.717) is 24.2 Å². The first kappa shape index (κ1) is 17.7. The minimum absolute atomic E-state index is 0.0786. The van der Waals surface area contributed by atoms with Crippen LogP contribution in [0.1, 0.15) is 37.0 Å². The number of nitrogens with one attached hydrogen (secondary N) is 1. The monoisotopic (exact) mass is 332 g/mol. The van der Waals surface area contributed by atoms with Gasteiger partial charge in [-0.2, -0.15) is 0 Å². The number of Topliss-reactive ketones (excluding diaryl/α,β-unsaturated/α-hetero) is 1. The second-order valence-corrected chi connectivity index (χ2v) is 5.68. The van der Waals surface area contributed by atoms with Gasteiger partial charge in [0.2, 0.25) is 5.91 Å². The average Bonchev–Trinajstić information content (AvgIpc) is 2.92. The molecule has 1 aliphatic rings. The molecule has 0 radical (unpaired) electrons. The molecule has 1 aromatic rings. The van der Waals surface area contributed by atoms with Crippen LogP contribution in [0.25, 0.3) is 0 Å². The van der Waals surface area contributed by atoms with Gasteiger partial charge in [0.05, 0.1) is 0 Å². The van der Waals surface area contributed by atoms with E-state index in [9.17, 15) is 19.2 Å². The van der Waals surface area contributed by atoms with Gasteiger partial charge in [0.1, 0.15) is 6.54 Å². The molecule has 1 atom stereocenters. The summed E-state index contributed by atoms with van der Waals surface area (Å²) >= 11 is 0. The first-order chi connectivity index (χ1) is 11.4. The molecule has 0 bridgehead atoms. The second kappa shape index (κ2) is 7.72. The summed E-state index contributed by atoms with van der Waals surface area (Å²) < 4.78 is 5.06. The van der Waals surface area contributed by atoms with Crippen molar-refractivity contribution in [2.45, 2.75) is 32.8 Å². The minimum Gasteiger partial charge on any atom is -0.451 e. The molecule has 0 aliphatic carbocycles. The van der Waals surface area contributed by atoms with Gasteiger partial charge >= 0.3 is 5.97 Å². The van der Waals surface area contributed by atoms with E-state index in [1.54, 1.807) is 24.3 Å². The number of amides is 2. The normalized spacial score (nSPS) is 15.1. The van der Waals surface area contributed by atoms with Crippen molar-refractivity contribution in [3.63, 3.8) is 0 Å². The molecule has 128 valence electrons. The van der Waals surface area contributed by atoms with Crippen LogP contribution in [-0.4, -0.2) is 47.7 Å². The maximum Gasteiger partial charge on any atom is 0.326 e. The summed E-state index contributed by atoms with van der Waals surface area (Å²) in [4.78, 5) is 48.1. The smallest absolute Gasteiger partial charge is 0.326 e. The predicted molar refractivity (Wildman–Crippen MR) is 86.4 cm³/mol. The fourth-order valence-electron chi connectivity index (χ4n) is 2.37. The van der Waals surface area contributed by atoms with Gasteiger partial charge in [-0.15, -0.1) is 0 Å². The SMILES string of the molecule is CC(=O)c1cccc(NC(=O)[C@@H](C)OC(=O)CN2CCCC2=O)c1. The Morgan fingerprint density at radius 3 is 2.71 bits per heavy atom. The van der Waals surface area contributed by atoms with Gasteiger partial charge in [0, 0.05) is 24.2 Å². The Morgan fingerprint density at radius 2 is 2.08 bits per heavy atom. The van der Waals surface area contributed by atoms with Crippen molar-refractivity contribution in [1.29, 1.82) is 0 Å². The van der Waals surface area contributed by atoms with Crippen LogP contribution in [0, 0.1) is 0 Å². The number of hydrogen-bond acceptors (Lipinski definition) is 5. The van der Waals surface area contributed by atoms with Gasteiger partial charge < -0.3 is 15.0 Å². The summed E-state index contributed by atoms with van der Waals surface area (Å²) in [5, 5.41) is 2.60. The lowest BCUT2D eigenvalue weighted by Crippen LogP contribution is -2.36. The fraction of sp³-hybridized carbons (Fsp3) is 0.412. The number of rotatable bonds is 6. The van der Waals surface area contributed by atoms with Crippen molar-refractivity contribution in [3.05, 3.63) is 29.8 Å². The quantitative estimate of drug-likeness (QED) is 0.627. The molecule has 1 fully saturated rings. The molecule has 2 amide bonds. The molecular formula is C17H20N2O5. The fourth-order valence-corrected chi connectivity index (χ4v) is 2.37. The highest BCUT2D eigenvalue weighted by atomic mass is 16.5. The molecule has 1 aromatic carbocycles. The van der Waals surface area contributed by atoms with Gasteiger partial charge in [0.15, 0.2) is 11.9 Å². The first-order valence-corrected chi connectivity index (χ1v) is 7.76. The molecule has 0 unspecified atom stereocenters. The first-order valence-electron chi connectivity index (χ1n) is 7.76. The number of benzene rings is 1. The van der Waals surface area contributed by atoms with Crippen LogP contribution < -0.4 is 5.32 Å². The van der Waals surface area contributed by atoms with Crippen molar-refractivity contribution in [1.82, 2.24) is 4.90 Å². The van der Waals surface area contributed by atoms with Crippen LogP contribution in [0.15, 0.2) is 24.3 Å². The van der Waals surface area contributed by atoms with E-state index < -0.39 is 18.0 Å². The lowest BCUT2D eigenvalue weighted by molar-refractivity contribution is -0.155. The number of ether oxygens (including phenoxy) is 1. The van der Waals surface area contributed by atoms with Crippen LogP contribution in [0.3, 0.4) is 0 Å². The molecule has 2 rings (SSSR count). The minimum atomic E-state index is -1.00. The van der Waals surface area contributed by atoms with Crippen molar-refractivity contribution in [3.8, 4) is 0 Å². The average molecular weight is 332 g/mol. The van der Waals surface area contributed by atoms with Crippen LogP contribution in [-0.2, 0) is 19.1 Å². The zero-order valence-electron chi connectivity index (χ0n) is 13.7. The lowest BCUT2D eigenvalue weighted by Gasteiger charge is -2.17. The van der Waals surface area contributed by atoms with E-state index in [-0.39, 0.29) is 18.2 Å². The number of hydrogen-bond donors (Lipinski definition) is 1. The number of esters is 1. The van der Waals surface area contributed by atoms with Gasteiger partial charge in [-0.1, -0.05) is 12.1 Å². The summed E-state index contributed by atoms with van der Waals surface area (Å²) in [6, 6.07) is 6.50. The van der Waals surface area contributed by atoms with Crippen LogP contribution >= 0.6 is 0 Å². The summed E-state index contributed by atoms with van der Waals surface area (Å²) in [6.07, 6.45) is 0.168. The highest BCUT2D eigenvalue weighted by Crippen LogP contribution is 2.13. The topological polar surface area (TPSA) is 92.8 Å². The van der Waals surface area contributed by atoms with E-state index in [1.807, 2.05) is 0 Å². The molecule has 1 saturated heterocycles. The van der Waals surface area contributed by atoms with Crippen molar-refractivity contribution in [2.75, 3.05) is 18.4 Å². The highest BCUT2D eigenvalue weighted by molar-refractivity contribution is 5.98. The molecule has 1 N–H and O–H groups in total. The molecular weight excluding hydrogens is 312 g/mol. The Labute approximate surface area is 140 Å². The van der Waals surface area contributed by atoms with Crippen LogP contribution in [0.5, 0.6) is 0 Å². The predicted octanol–water partition coefficient (Wildman–Crippen LogP) is 1.38. The zero-order chi connectivity index (χ0) is 17.7. The highest BCUT2D eigenvalue weighted by Gasteiger charge is 2.25. The molecule has 0 spiro atoms. The third kappa shape index (κ3) is 4.65. The summed E-state index contributed by atoms with van der Waals surface area (Å²) in [5.74, 6) is -1.31. The van der Waals surface area contributed by atoms with E-state index in [2.05, 4.69) is 5.32 Å². The third-order valence-electron chi connectivity index (χ3n) is 3.71. The van der Waals surface area contributed by atoms with Gasteiger partial charge in [-0.3, -0.25) is 19.2 Å². The Balaban J connectivity index is 1.87. The standard InChI is InChI=1S/C17H20N2O5/c1-11(20)13-5-3-6-14(9-13)18-17(23)12(2)24-16(22)10-19-8-4-7-15(19)21/h3,5-6,9,12H,4,7-8,10H2,1-2H3,(H,18,23)/t12-/m1/s1. The van der Waals surface area contributed by atoms with E-state index in [1.165, 1.54) is 18.7 Å². The largest absolute Gasteiger partial charge is 0.451 e. The van der Waals surface area contributed by atoms with E-state index in [4.69, 9.17) is 4.74 Å². The number of likely N-dealkylation sites (tertiary alicyclic amines) is 1. The maximum absolute atomic E-state index is 12.1. The summed E-state index contributed by atoms with van der Waals surface area (Å²) in [6.45, 7) is 3.28. The van der Waals surface area contributed by atoms with E-state index >= 15 is 0 Å². The zero-order valence-corrected chi connectivity index (χ0v) is 13.7. The number of carbonyl (C=O) groups excluding carboxylic acids is 4. The van der Waals surface area contributed by atoms with Crippen molar-refractivity contribution < 1.29 is 23.9 Å². The molecule has 0 aromatic heterocycles. The van der Waals surface area contributed by atoms with Gasteiger partial charge in [-0.25, -0.2) is 0 Å². The molecule has 1 heterocycles. The lowest BCUT2D eigenvalue weighted by atomic mass is 10.1. The maximum atomic E-state index is 12.1. The van der Waals surface area contributed by atoms with Crippen molar-refractivity contribution >= 4 is 29.3 Å². The molecule has 7 nitrogen and oxygen atoms in total. The van der Waals surface area contributed by atoms with Crippen molar-refractivity contribution in [2.24, 2.45) is 0 Å². The molecule has 7 heteroatoms. The summed E-state index contributed by atoms with van der Waals surface area (Å²) in [5.41, 5.74) is 0.926. The number of ketones is 1. The number of anilines is 1. The second-order valence-electron chi connectivity index (χ2n) is 5.68. The Bertz CT molecular complexity index is 671. The van der Waals surface area contributed by atoms with Gasteiger partial charge in [-0.05, 0) is 32.4 Å². The molecule has 0 saturated carbocycles. The van der Waals surface area contributed by atoms with Crippen LogP contribution in [0.2, 0.25) is 0 Å². The third-order valence-corrected chi connectivity index (χ3v) is 3.71. The number of carbonyl (C=O) groups is 4. The van der Waals surface area contributed by atoms with E-state index in [0.717, 1.165) is 6.42 Å². The number of nitrogens with zero attached hydrogens (tertiary/aromatic N) is 1.